The quantitative estimate of drug-likeness (QED) is 0.519. The minimum Gasteiger partial charge on any atom is -0.384 e. The zero-order valence-corrected chi connectivity index (χ0v) is 21.3. The van der Waals surface area contributed by atoms with Gasteiger partial charge in [-0.15, -0.1) is 0 Å². The van der Waals surface area contributed by atoms with Gasteiger partial charge in [0.2, 0.25) is 0 Å². The number of hydrogen-bond donors (Lipinski definition) is 3. The number of urea groups is 1. The fourth-order valence-electron chi connectivity index (χ4n) is 4.11. The van der Waals surface area contributed by atoms with Gasteiger partial charge in [0.15, 0.2) is 15.7 Å². The van der Waals surface area contributed by atoms with Crippen molar-refractivity contribution in [1.29, 1.82) is 0 Å². The average molecular weight is 489 g/mol. The van der Waals surface area contributed by atoms with Crippen LogP contribution in [0.4, 0.5) is 16.3 Å². The number of aromatic nitrogens is 2. The summed E-state index contributed by atoms with van der Waals surface area (Å²) in [6, 6.07) is 8.31. The molecule has 10 heteroatoms. The highest BCUT2D eigenvalue weighted by Gasteiger charge is 2.43. The Hall–Kier alpha value is -2.72. The summed E-state index contributed by atoms with van der Waals surface area (Å²) >= 11 is 0. The smallest absolute Gasteiger partial charge is 0.319 e. The fourth-order valence-corrected chi connectivity index (χ4v) is 6.30. The van der Waals surface area contributed by atoms with Crippen LogP contribution in [0, 0.1) is 0 Å². The Morgan fingerprint density at radius 2 is 1.76 bits per heavy atom. The third-order valence-corrected chi connectivity index (χ3v) is 9.29. The molecule has 1 aliphatic carbocycles. The van der Waals surface area contributed by atoms with Crippen molar-refractivity contribution in [3.63, 3.8) is 0 Å². The minimum absolute atomic E-state index is 0.217. The summed E-state index contributed by atoms with van der Waals surface area (Å²) in [5, 5.41) is 5.22. The van der Waals surface area contributed by atoms with Crippen molar-refractivity contribution in [1.82, 2.24) is 20.2 Å². The van der Waals surface area contributed by atoms with Crippen LogP contribution in [-0.4, -0.2) is 61.8 Å². The second-order valence-corrected chi connectivity index (χ2v) is 12.4. The molecule has 1 saturated carbocycles. The molecule has 2 aromatic rings. The second-order valence-electron chi connectivity index (χ2n) is 9.58. The molecular formula is C24H36N6O3S. The molecule has 1 fully saturated rings. The molecule has 1 aromatic carbocycles. The molecule has 186 valence electrons. The van der Waals surface area contributed by atoms with Gasteiger partial charge in [0, 0.05) is 30.4 Å². The maximum atomic E-state index is 13.5. The predicted molar refractivity (Wildman–Crippen MR) is 136 cm³/mol. The monoisotopic (exact) mass is 488 g/mol. The zero-order chi connectivity index (χ0) is 24.9. The second kappa shape index (κ2) is 10.7. The van der Waals surface area contributed by atoms with Crippen molar-refractivity contribution in [2.24, 2.45) is 0 Å². The number of carbonyl (C=O) groups excluding carboxylic acids is 1. The molecule has 4 N–H and O–H groups in total. The van der Waals surface area contributed by atoms with E-state index >= 15 is 0 Å². The molecule has 0 bridgehead atoms. The third kappa shape index (κ3) is 6.04. The number of carbonyl (C=O) groups is 1. The first-order valence-electron chi connectivity index (χ1n) is 11.7. The summed E-state index contributed by atoms with van der Waals surface area (Å²) in [5.41, 5.74) is 7.76. The van der Waals surface area contributed by atoms with Gasteiger partial charge in [-0.05, 0) is 65.0 Å². The minimum atomic E-state index is -3.47. The lowest BCUT2D eigenvalue weighted by Crippen LogP contribution is -2.39. The number of sulfone groups is 1. The van der Waals surface area contributed by atoms with E-state index < -0.39 is 14.6 Å². The van der Waals surface area contributed by atoms with Gasteiger partial charge in [-0.3, -0.25) is 0 Å². The molecule has 0 aliphatic heterocycles. The van der Waals surface area contributed by atoms with Gasteiger partial charge in [-0.1, -0.05) is 19.3 Å². The summed E-state index contributed by atoms with van der Waals surface area (Å²) < 4.78 is 25.8. The van der Waals surface area contributed by atoms with E-state index in [1.165, 1.54) is 0 Å². The Balaban J connectivity index is 1.78. The average Bonchev–Trinajstić information content (AvgIpc) is 2.79. The van der Waals surface area contributed by atoms with E-state index in [0.29, 0.717) is 42.2 Å². The van der Waals surface area contributed by atoms with Crippen LogP contribution in [0.3, 0.4) is 0 Å². The van der Waals surface area contributed by atoms with Crippen molar-refractivity contribution < 1.29 is 13.2 Å². The number of rotatable bonds is 8. The molecule has 0 atom stereocenters. The Morgan fingerprint density at radius 3 is 2.38 bits per heavy atom. The Labute approximate surface area is 202 Å². The van der Waals surface area contributed by atoms with Crippen LogP contribution >= 0.6 is 0 Å². The number of nitrogens with one attached hydrogen (secondary N) is 2. The van der Waals surface area contributed by atoms with Crippen LogP contribution in [0.5, 0.6) is 0 Å². The molecule has 34 heavy (non-hydrogen) atoms. The van der Waals surface area contributed by atoms with Crippen molar-refractivity contribution in [3.05, 3.63) is 36.0 Å². The molecule has 2 amide bonds. The van der Waals surface area contributed by atoms with Gasteiger partial charge in [0.25, 0.3) is 0 Å². The molecule has 1 aromatic heterocycles. The number of nitrogen functional groups attached to an aromatic ring is 1. The molecule has 0 radical (unpaired) electrons. The van der Waals surface area contributed by atoms with Crippen LogP contribution in [0.1, 0.15) is 51.6 Å². The molecule has 0 spiro atoms. The van der Waals surface area contributed by atoms with Gasteiger partial charge in [0.05, 0.1) is 10.9 Å². The van der Waals surface area contributed by atoms with Gasteiger partial charge in [0.1, 0.15) is 10.6 Å². The zero-order valence-electron chi connectivity index (χ0n) is 20.5. The lowest BCUT2D eigenvalue weighted by Gasteiger charge is -2.32. The lowest BCUT2D eigenvalue weighted by molar-refractivity contribution is 0.250. The van der Waals surface area contributed by atoms with Crippen LogP contribution in [-0.2, 0) is 14.6 Å². The van der Waals surface area contributed by atoms with Gasteiger partial charge < -0.3 is 21.3 Å². The largest absolute Gasteiger partial charge is 0.384 e. The molecule has 9 nitrogen and oxygen atoms in total. The van der Waals surface area contributed by atoms with E-state index in [4.69, 9.17) is 5.73 Å². The van der Waals surface area contributed by atoms with Gasteiger partial charge in [-0.2, -0.15) is 0 Å². The van der Waals surface area contributed by atoms with Gasteiger partial charge >= 0.3 is 6.03 Å². The third-order valence-electron chi connectivity index (χ3n) is 6.31. The van der Waals surface area contributed by atoms with Gasteiger partial charge in [-0.25, -0.2) is 23.2 Å². The summed E-state index contributed by atoms with van der Waals surface area (Å²) in [5.74, 6) is 0.568. The topological polar surface area (TPSA) is 130 Å². The molecule has 3 rings (SSSR count). The summed E-state index contributed by atoms with van der Waals surface area (Å²) in [6.45, 7) is 4.68. The fraction of sp³-hybridized carbons (Fsp3) is 0.542. The predicted octanol–water partition coefficient (Wildman–Crippen LogP) is 3.39. The van der Waals surface area contributed by atoms with E-state index in [2.05, 4.69) is 20.6 Å². The van der Waals surface area contributed by atoms with Crippen LogP contribution in [0.15, 0.2) is 30.3 Å². The Bertz CT molecular complexity index is 1090. The van der Waals surface area contributed by atoms with E-state index in [9.17, 15) is 13.2 Å². The first-order chi connectivity index (χ1) is 16.0. The van der Waals surface area contributed by atoms with Crippen LogP contribution in [0.25, 0.3) is 11.4 Å². The highest BCUT2D eigenvalue weighted by Crippen LogP contribution is 2.38. The molecule has 1 heterocycles. The number of nitrogens with two attached hydrogens (primary N) is 1. The summed E-state index contributed by atoms with van der Waals surface area (Å²) in [7, 11) is 0.411. The number of benzene rings is 1. The SMILES string of the molecule is CN(C)CCNC(=O)Nc1ccc(-c2nc(N)cc(C(C)(C)S(=O)(=O)C3CCCCC3)n2)cc1. The number of nitrogens with zero attached hydrogens (tertiary/aromatic N) is 3. The van der Waals surface area contributed by atoms with E-state index in [0.717, 1.165) is 25.8 Å². The number of amides is 2. The Morgan fingerprint density at radius 1 is 1.12 bits per heavy atom. The van der Waals surface area contributed by atoms with Crippen molar-refractivity contribution in [3.8, 4) is 11.4 Å². The highest BCUT2D eigenvalue weighted by atomic mass is 32.2. The highest BCUT2D eigenvalue weighted by molar-refractivity contribution is 7.92. The number of anilines is 2. The normalized spacial score (nSPS) is 15.3. The van der Waals surface area contributed by atoms with Crippen molar-refractivity contribution in [2.45, 2.75) is 55.9 Å². The molecule has 1 aliphatic rings. The van der Waals surface area contributed by atoms with Crippen molar-refractivity contribution in [2.75, 3.05) is 38.2 Å². The molecule has 0 saturated heterocycles. The number of likely N-dealkylation sites (N-methyl/N-ethyl adjacent to an activating group) is 1. The Kier molecular flexibility index (Phi) is 8.14. The van der Waals surface area contributed by atoms with Crippen LogP contribution in [0.2, 0.25) is 0 Å². The maximum absolute atomic E-state index is 13.5. The molecular weight excluding hydrogens is 452 g/mol. The standard InChI is InChI=1S/C24H36N6O3S/c1-24(2,34(32,33)19-8-6-5-7-9-19)20-16-21(25)29-22(28-20)17-10-12-18(13-11-17)27-23(31)26-14-15-30(3)4/h10-13,16,19H,5-9,14-15H2,1-4H3,(H2,25,28,29)(H2,26,27,31). The lowest BCUT2D eigenvalue weighted by atomic mass is 10.0. The van der Waals surface area contributed by atoms with Crippen LogP contribution < -0.4 is 16.4 Å². The van der Waals surface area contributed by atoms with E-state index in [-0.39, 0.29) is 17.1 Å². The van der Waals surface area contributed by atoms with Crippen molar-refractivity contribution >= 4 is 27.4 Å². The van der Waals surface area contributed by atoms with E-state index in [1.807, 2.05) is 19.0 Å². The maximum Gasteiger partial charge on any atom is 0.319 e. The summed E-state index contributed by atoms with van der Waals surface area (Å²) in [4.78, 5) is 23.0. The number of hydrogen-bond acceptors (Lipinski definition) is 7. The first-order valence-corrected chi connectivity index (χ1v) is 13.2. The van der Waals surface area contributed by atoms with E-state index in [1.54, 1.807) is 44.2 Å². The molecule has 0 unspecified atom stereocenters. The first kappa shape index (κ1) is 25.9. The summed E-state index contributed by atoms with van der Waals surface area (Å²) in [6.07, 6.45) is 4.34.